The Labute approximate surface area is 182 Å². The summed E-state index contributed by atoms with van der Waals surface area (Å²) in [5, 5.41) is 8.65. The number of amides is 1. The highest BCUT2D eigenvalue weighted by Crippen LogP contribution is 2.35. The molecule has 1 aliphatic heterocycles. The minimum absolute atomic E-state index is 0.0469. The maximum Gasteiger partial charge on any atom is 0.267 e. The second-order valence-electron chi connectivity index (χ2n) is 7.78. The van der Waals surface area contributed by atoms with Gasteiger partial charge in [-0.15, -0.1) is 0 Å². The molecule has 168 valence electrons. The third-order valence-corrected chi connectivity index (χ3v) is 5.79. The molecule has 0 radical (unpaired) electrons. The number of benzene rings is 2. The number of likely N-dealkylation sites (tertiary alicyclic amines) is 1. The van der Waals surface area contributed by atoms with E-state index in [0.717, 1.165) is 38.1 Å². The molecule has 1 atom stereocenters. The predicted molar refractivity (Wildman–Crippen MR) is 114 cm³/mol. The summed E-state index contributed by atoms with van der Waals surface area (Å²) in [6, 6.07) is 7.76. The zero-order chi connectivity index (χ0) is 22.8. The fourth-order valence-electron chi connectivity index (χ4n) is 4.24. The Kier molecular flexibility index (Phi) is 6.29. The molecule has 32 heavy (non-hydrogen) atoms. The fourth-order valence-corrected chi connectivity index (χ4v) is 4.24. The van der Waals surface area contributed by atoms with Gasteiger partial charge in [0.25, 0.3) is 5.91 Å². The standard InChI is InChI=1S/C23H23F3N4O2/c1-2-29-10-4-7-16(13-29)30-22-18(12-17(24)20(25)21(22)26)27-23(30)15-6-3-5-14(11-15)8-9-19(31)28-32/h3,5-6,8-9,11-12,16,32H,2,4,7,10,13H2,1H3,(H,28,31). The normalized spacial score (nSPS) is 17.3. The van der Waals surface area contributed by atoms with E-state index in [1.807, 2.05) is 6.92 Å². The van der Waals surface area contributed by atoms with E-state index < -0.39 is 23.4 Å². The van der Waals surface area contributed by atoms with E-state index in [0.29, 0.717) is 23.5 Å². The van der Waals surface area contributed by atoms with Gasteiger partial charge in [0.1, 0.15) is 11.3 Å². The van der Waals surface area contributed by atoms with E-state index in [2.05, 4.69) is 9.88 Å². The SMILES string of the molecule is CCN1CCCC(n2c(-c3cccc(C=CC(=O)NO)c3)nc3cc(F)c(F)c(F)c32)C1. The number of piperidine rings is 1. The number of likely N-dealkylation sites (N-methyl/N-ethyl adjacent to an activating group) is 1. The van der Waals surface area contributed by atoms with Crippen molar-refractivity contribution in [2.24, 2.45) is 0 Å². The monoisotopic (exact) mass is 444 g/mol. The van der Waals surface area contributed by atoms with E-state index in [9.17, 15) is 18.0 Å². The van der Waals surface area contributed by atoms with Crippen molar-refractivity contribution in [2.45, 2.75) is 25.8 Å². The smallest absolute Gasteiger partial charge is 0.267 e. The molecular weight excluding hydrogens is 421 g/mol. The van der Waals surface area contributed by atoms with Crippen LogP contribution in [-0.2, 0) is 4.79 Å². The summed E-state index contributed by atoms with van der Waals surface area (Å²) >= 11 is 0. The molecule has 0 spiro atoms. The summed E-state index contributed by atoms with van der Waals surface area (Å²) in [7, 11) is 0. The Morgan fingerprint density at radius 2 is 2.09 bits per heavy atom. The Morgan fingerprint density at radius 3 is 2.84 bits per heavy atom. The van der Waals surface area contributed by atoms with Crippen LogP contribution in [0.1, 0.15) is 31.4 Å². The van der Waals surface area contributed by atoms with E-state index >= 15 is 0 Å². The van der Waals surface area contributed by atoms with Crippen molar-refractivity contribution in [1.29, 1.82) is 0 Å². The van der Waals surface area contributed by atoms with Gasteiger partial charge in [0.05, 0.1) is 5.52 Å². The van der Waals surface area contributed by atoms with Crippen LogP contribution in [0.5, 0.6) is 0 Å². The third kappa shape index (κ3) is 4.13. The van der Waals surface area contributed by atoms with Gasteiger partial charge < -0.3 is 9.47 Å². The van der Waals surface area contributed by atoms with Gasteiger partial charge in [-0.3, -0.25) is 10.0 Å². The first kappa shape index (κ1) is 22.0. The maximum absolute atomic E-state index is 14.9. The Bertz CT molecular complexity index is 1190. The van der Waals surface area contributed by atoms with Gasteiger partial charge in [-0.25, -0.2) is 23.6 Å². The molecule has 1 unspecified atom stereocenters. The van der Waals surface area contributed by atoms with E-state index in [1.54, 1.807) is 28.8 Å². The van der Waals surface area contributed by atoms with Crippen molar-refractivity contribution in [3.63, 3.8) is 0 Å². The number of hydrogen-bond donors (Lipinski definition) is 2. The van der Waals surface area contributed by atoms with Crippen molar-refractivity contribution in [2.75, 3.05) is 19.6 Å². The number of fused-ring (bicyclic) bond motifs is 1. The molecule has 3 aromatic rings. The van der Waals surface area contributed by atoms with Crippen LogP contribution in [0.2, 0.25) is 0 Å². The molecule has 2 heterocycles. The number of halogens is 3. The fraction of sp³-hybridized carbons (Fsp3) is 0.304. The third-order valence-electron chi connectivity index (χ3n) is 5.79. The number of imidazole rings is 1. The molecule has 2 N–H and O–H groups in total. The quantitative estimate of drug-likeness (QED) is 0.267. The topological polar surface area (TPSA) is 70.4 Å². The molecule has 0 bridgehead atoms. The summed E-state index contributed by atoms with van der Waals surface area (Å²) in [5.41, 5.74) is 2.76. The summed E-state index contributed by atoms with van der Waals surface area (Å²) in [5.74, 6) is -4.33. The van der Waals surface area contributed by atoms with Crippen molar-refractivity contribution < 1.29 is 23.2 Å². The molecule has 0 saturated carbocycles. The average Bonchev–Trinajstić information content (AvgIpc) is 3.20. The van der Waals surface area contributed by atoms with Gasteiger partial charge >= 0.3 is 0 Å². The largest absolute Gasteiger partial charge is 0.317 e. The van der Waals surface area contributed by atoms with Gasteiger partial charge in [0.15, 0.2) is 17.5 Å². The van der Waals surface area contributed by atoms with Gasteiger partial charge in [-0.1, -0.05) is 25.1 Å². The van der Waals surface area contributed by atoms with Gasteiger partial charge in [-0.2, -0.15) is 0 Å². The highest BCUT2D eigenvalue weighted by molar-refractivity contribution is 5.91. The van der Waals surface area contributed by atoms with Crippen LogP contribution >= 0.6 is 0 Å². The summed E-state index contributed by atoms with van der Waals surface area (Å²) in [6.45, 7) is 4.44. The minimum atomic E-state index is -1.51. The lowest BCUT2D eigenvalue weighted by Crippen LogP contribution is -2.36. The molecule has 4 rings (SSSR count). The number of hydroxylamine groups is 1. The van der Waals surface area contributed by atoms with Crippen LogP contribution in [0.3, 0.4) is 0 Å². The summed E-state index contributed by atoms with van der Waals surface area (Å²) < 4.78 is 44.7. The lowest BCUT2D eigenvalue weighted by Gasteiger charge is -2.33. The first-order chi connectivity index (χ1) is 15.4. The second-order valence-corrected chi connectivity index (χ2v) is 7.78. The van der Waals surface area contributed by atoms with Crippen LogP contribution < -0.4 is 5.48 Å². The zero-order valence-electron chi connectivity index (χ0n) is 17.5. The molecule has 1 amide bonds. The minimum Gasteiger partial charge on any atom is -0.317 e. The average molecular weight is 444 g/mol. The number of carbonyl (C=O) groups is 1. The number of rotatable bonds is 5. The van der Waals surface area contributed by atoms with E-state index in [1.165, 1.54) is 11.6 Å². The summed E-state index contributed by atoms with van der Waals surface area (Å²) in [6.07, 6.45) is 4.31. The summed E-state index contributed by atoms with van der Waals surface area (Å²) in [4.78, 5) is 18.0. The van der Waals surface area contributed by atoms with Crippen LogP contribution in [0.25, 0.3) is 28.5 Å². The van der Waals surface area contributed by atoms with Gasteiger partial charge in [0.2, 0.25) is 0 Å². The molecule has 0 aliphatic carbocycles. The van der Waals surface area contributed by atoms with Crippen molar-refractivity contribution in [1.82, 2.24) is 19.9 Å². The predicted octanol–water partition coefficient (Wildman–Crippen LogP) is 4.30. The Morgan fingerprint density at radius 1 is 1.28 bits per heavy atom. The maximum atomic E-state index is 14.9. The molecule has 1 saturated heterocycles. The van der Waals surface area contributed by atoms with Crippen LogP contribution in [0, 0.1) is 17.5 Å². The number of nitrogens with zero attached hydrogens (tertiary/aromatic N) is 3. The Hall–Kier alpha value is -3.17. The van der Waals surface area contributed by atoms with Crippen molar-refractivity contribution in [3.05, 3.63) is 59.4 Å². The van der Waals surface area contributed by atoms with Crippen molar-refractivity contribution in [3.8, 4) is 11.4 Å². The molecule has 6 nitrogen and oxygen atoms in total. The number of hydrogen-bond acceptors (Lipinski definition) is 4. The van der Waals surface area contributed by atoms with E-state index in [4.69, 9.17) is 5.21 Å². The first-order valence-electron chi connectivity index (χ1n) is 10.4. The number of carbonyl (C=O) groups excluding carboxylic acids is 1. The molecule has 1 fully saturated rings. The second kappa shape index (κ2) is 9.13. The first-order valence-corrected chi connectivity index (χ1v) is 10.4. The van der Waals surface area contributed by atoms with Crippen LogP contribution in [0.15, 0.2) is 36.4 Å². The molecule has 2 aromatic carbocycles. The number of nitrogens with one attached hydrogen (secondary N) is 1. The lowest BCUT2D eigenvalue weighted by atomic mass is 10.0. The van der Waals surface area contributed by atoms with E-state index in [-0.39, 0.29) is 17.1 Å². The van der Waals surface area contributed by atoms with Crippen LogP contribution in [0.4, 0.5) is 13.2 Å². The molecule has 1 aromatic heterocycles. The molecular formula is C23H23F3N4O2. The Balaban J connectivity index is 1.89. The zero-order valence-corrected chi connectivity index (χ0v) is 17.5. The number of aromatic nitrogens is 2. The highest BCUT2D eigenvalue weighted by Gasteiger charge is 2.28. The highest BCUT2D eigenvalue weighted by atomic mass is 19.2. The molecule has 9 heteroatoms. The van der Waals surface area contributed by atoms with Crippen LogP contribution in [-0.4, -0.2) is 45.2 Å². The van der Waals surface area contributed by atoms with Crippen molar-refractivity contribution >= 4 is 23.0 Å². The van der Waals surface area contributed by atoms with Gasteiger partial charge in [0, 0.05) is 30.3 Å². The molecule has 1 aliphatic rings. The van der Waals surface area contributed by atoms with Gasteiger partial charge in [-0.05, 0) is 43.6 Å². The lowest BCUT2D eigenvalue weighted by molar-refractivity contribution is -0.124.